The van der Waals surface area contributed by atoms with Crippen LogP contribution in [0, 0.1) is 6.92 Å². The van der Waals surface area contributed by atoms with E-state index in [9.17, 15) is 0 Å². The molecule has 0 fully saturated rings. The first-order valence-corrected chi connectivity index (χ1v) is 6.15. The molecule has 2 aromatic heterocycles. The number of anilines is 1. The van der Waals surface area contributed by atoms with Gasteiger partial charge in [0.15, 0.2) is 0 Å². The first kappa shape index (κ1) is 13.3. The predicted molar refractivity (Wildman–Crippen MR) is 71.9 cm³/mol. The molecule has 0 saturated heterocycles. The molecule has 0 aliphatic rings. The van der Waals surface area contributed by atoms with Crippen molar-refractivity contribution in [1.29, 1.82) is 0 Å². The molecule has 0 aliphatic heterocycles. The topological polar surface area (TPSA) is 90.9 Å². The van der Waals surface area contributed by atoms with Crippen molar-refractivity contribution in [3.05, 3.63) is 23.7 Å². The maximum absolute atomic E-state index is 5.71. The average molecular weight is 262 g/mol. The van der Waals surface area contributed by atoms with E-state index in [1.807, 2.05) is 20.0 Å². The third-order valence-corrected chi connectivity index (χ3v) is 2.54. The molecule has 0 amide bonds. The first-order valence-electron chi connectivity index (χ1n) is 6.15. The molecule has 2 aromatic rings. The van der Waals surface area contributed by atoms with Crippen molar-refractivity contribution in [3.8, 4) is 11.8 Å². The van der Waals surface area contributed by atoms with Gasteiger partial charge >= 0.3 is 0 Å². The molecule has 0 saturated carbocycles. The Morgan fingerprint density at radius 3 is 2.74 bits per heavy atom. The molecular formula is C12H18N6O. The van der Waals surface area contributed by atoms with Crippen molar-refractivity contribution < 1.29 is 4.74 Å². The Balaban J connectivity index is 2.28. The van der Waals surface area contributed by atoms with E-state index in [0.717, 1.165) is 18.5 Å². The third-order valence-electron chi connectivity index (χ3n) is 2.54. The van der Waals surface area contributed by atoms with Gasteiger partial charge in [0.05, 0.1) is 5.69 Å². The summed E-state index contributed by atoms with van der Waals surface area (Å²) in [7, 11) is 1.82. The number of nitrogens with one attached hydrogen (secondary N) is 1. The van der Waals surface area contributed by atoms with Crippen LogP contribution >= 0.6 is 0 Å². The number of hydrogen-bond donors (Lipinski definition) is 2. The molecule has 2 heterocycles. The minimum atomic E-state index is 0.453. The van der Waals surface area contributed by atoms with Crippen LogP contribution in [0.4, 0.5) is 5.82 Å². The minimum Gasteiger partial charge on any atom is -0.421 e. The van der Waals surface area contributed by atoms with Crippen LogP contribution in [0.15, 0.2) is 12.1 Å². The summed E-state index contributed by atoms with van der Waals surface area (Å²) < 4.78 is 7.37. The largest absolute Gasteiger partial charge is 0.421 e. The lowest BCUT2D eigenvalue weighted by Gasteiger charge is -2.08. The summed E-state index contributed by atoms with van der Waals surface area (Å²) in [5.41, 5.74) is 3.40. The van der Waals surface area contributed by atoms with Crippen molar-refractivity contribution in [1.82, 2.24) is 19.7 Å². The lowest BCUT2D eigenvalue weighted by molar-refractivity contribution is 0.412. The van der Waals surface area contributed by atoms with Gasteiger partial charge in [-0.1, -0.05) is 6.92 Å². The van der Waals surface area contributed by atoms with Gasteiger partial charge in [0, 0.05) is 25.6 Å². The summed E-state index contributed by atoms with van der Waals surface area (Å²) in [4.78, 5) is 8.61. The maximum Gasteiger partial charge on any atom is 0.226 e. The van der Waals surface area contributed by atoms with Gasteiger partial charge in [-0.2, -0.15) is 10.1 Å². The highest BCUT2D eigenvalue weighted by Gasteiger charge is 2.09. The van der Waals surface area contributed by atoms with Gasteiger partial charge in [-0.15, -0.1) is 0 Å². The summed E-state index contributed by atoms with van der Waals surface area (Å²) in [6.45, 7) is 3.97. The molecule has 0 spiro atoms. The number of rotatable bonds is 5. The van der Waals surface area contributed by atoms with Crippen molar-refractivity contribution in [2.45, 2.75) is 26.7 Å². The standard InChI is InChI=1S/C12H18N6O/c1-4-5-9-14-10(16-13)7-11(15-9)19-12-6-8(2)17-18(12)3/h6-7H,4-5,13H2,1-3H3,(H,14,15,16). The van der Waals surface area contributed by atoms with Gasteiger partial charge < -0.3 is 10.2 Å². The molecule has 7 nitrogen and oxygen atoms in total. The smallest absolute Gasteiger partial charge is 0.226 e. The molecule has 0 aromatic carbocycles. The Kier molecular flexibility index (Phi) is 3.96. The summed E-state index contributed by atoms with van der Waals surface area (Å²) >= 11 is 0. The van der Waals surface area contributed by atoms with Crippen molar-refractivity contribution in [2.24, 2.45) is 12.9 Å². The maximum atomic E-state index is 5.71. The van der Waals surface area contributed by atoms with E-state index >= 15 is 0 Å². The minimum absolute atomic E-state index is 0.453. The highest BCUT2D eigenvalue weighted by atomic mass is 16.5. The SMILES string of the molecule is CCCc1nc(NN)cc(Oc2cc(C)nn2C)n1. The number of aromatic nitrogens is 4. The highest BCUT2D eigenvalue weighted by molar-refractivity contribution is 5.38. The second kappa shape index (κ2) is 5.66. The highest BCUT2D eigenvalue weighted by Crippen LogP contribution is 2.22. The van der Waals surface area contributed by atoms with Gasteiger partial charge in [-0.25, -0.2) is 15.5 Å². The molecule has 2 rings (SSSR count). The molecule has 0 aliphatic carbocycles. The Morgan fingerprint density at radius 2 is 2.16 bits per heavy atom. The number of hydrogen-bond acceptors (Lipinski definition) is 6. The molecule has 0 radical (unpaired) electrons. The zero-order valence-corrected chi connectivity index (χ0v) is 11.3. The van der Waals surface area contributed by atoms with Crippen LogP contribution in [-0.2, 0) is 13.5 Å². The monoisotopic (exact) mass is 262 g/mol. The summed E-state index contributed by atoms with van der Waals surface area (Å²) in [5, 5.41) is 4.22. The van der Waals surface area contributed by atoms with Gasteiger partial charge in [0.1, 0.15) is 11.6 Å². The van der Waals surface area contributed by atoms with Crippen LogP contribution in [0.25, 0.3) is 0 Å². The molecular weight excluding hydrogens is 244 g/mol. The van der Waals surface area contributed by atoms with Crippen LogP contribution in [-0.4, -0.2) is 19.7 Å². The Labute approximate surface area is 111 Å². The average Bonchev–Trinajstić information content (AvgIpc) is 2.68. The molecule has 102 valence electrons. The van der Waals surface area contributed by atoms with Gasteiger partial charge in [0.2, 0.25) is 11.8 Å². The number of hydrazine groups is 1. The summed E-state index contributed by atoms with van der Waals surface area (Å²) in [6.07, 6.45) is 1.73. The van der Waals surface area contributed by atoms with Crippen molar-refractivity contribution in [3.63, 3.8) is 0 Å². The Morgan fingerprint density at radius 1 is 1.37 bits per heavy atom. The van der Waals surface area contributed by atoms with Crippen LogP contribution in [0.5, 0.6) is 11.8 Å². The zero-order valence-electron chi connectivity index (χ0n) is 11.3. The van der Waals surface area contributed by atoms with E-state index in [1.54, 1.807) is 10.7 Å². The van der Waals surface area contributed by atoms with Crippen molar-refractivity contribution in [2.75, 3.05) is 5.43 Å². The third kappa shape index (κ3) is 3.19. The molecule has 0 atom stereocenters. The Bertz CT molecular complexity index is 565. The van der Waals surface area contributed by atoms with E-state index in [4.69, 9.17) is 10.6 Å². The number of nitrogen functional groups attached to an aromatic ring is 1. The first-order chi connectivity index (χ1) is 9.12. The lowest BCUT2D eigenvalue weighted by Crippen LogP contribution is -2.11. The van der Waals surface area contributed by atoms with Gasteiger partial charge in [0.25, 0.3) is 0 Å². The van der Waals surface area contributed by atoms with Gasteiger partial charge in [-0.3, -0.25) is 0 Å². The fraction of sp³-hybridized carbons (Fsp3) is 0.417. The van der Waals surface area contributed by atoms with Crippen LogP contribution in [0.1, 0.15) is 24.9 Å². The normalized spacial score (nSPS) is 10.5. The van der Waals surface area contributed by atoms with Crippen LogP contribution in [0.3, 0.4) is 0 Å². The zero-order chi connectivity index (χ0) is 13.8. The Hall–Kier alpha value is -2.15. The molecule has 3 N–H and O–H groups in total. The summed E-state index contributed by atoms with van der Waals surface area (Å²) in [5.74, 6) is 7.71. The number of nitrogens with two attached hydrogens (primary N) is 1. The van der Waals surface area contributed by atoms with Crippen LogP contribution < -0.4 is 16.0 Å². The number of nitrogens with zero attached hydrogens (tertiary/aromatic N) is 4. The van der Waals surface area contributed by atoms with E-state index in [0.29, 0.717) is 23.4 Å². The lowest BCUT2D eigenvalue weighted by atomic mass is 10.3. The fourth-order valence-corrected chi connectivity index (χ4v) is 1.72. The van der Waals surface area contributed by atoms with E-state index < -0.39 is 0 Å². The second-order valence-electron chi connectivity index (χ2n) is 4.25. The number of ether oxygens (including phenoxy) is 1. The quantitative estimate of drug-likeness (QED) is 0.627. The van der Waals surface area contributed by atoms with Crippen molar-refractivity contribution >= 4 is 5.82 Å². The van der Waals surface area contributed by atoms with Gasteiger partial charge in [-0.05, 0) is 13.3 Å². The van der Waals surface area contributed by atoms with E-state index in [2.05, 4.69) is 27.4 Å². The fourth-order valence-electron chi connectivity index (χ4n) is 1.72. The molecule has 0 bridgehead atoms. The molecule has 19 heavy (non-hydrogen) atoms. The van der Waals surface area contributed by atoms with Crippen LogP contribution in [0.2, 0.25) is 0 Å². The molecule has 0 unspecified atom stereocenters. The van der Waals surface area contributed by atoms with E-state index in [-0.39, 0.29) is 0 Å². The van der Waals surface area contributed by atoms with E-state index in [1.165, 1.54) is 0 Å². The predicted octanol–water partition coefficient (Wildman–Crippen LogP) is 1.55. The molecule has 7 heteroatoms. The number of aryl methyl sites for hydroxylation is 3. The second-order valence-corrected chi connectivity index (χ2v) is 4.25. The summed E-state index contributed by atoms with van der Waals surface area (Å²) in [6, 6.07) is 3.50.